The van der Waals surface area contributed by atoms with E-state index in [0.29, 0.717) is 6.54 Å². The summed E-state index contributed by atoms with van der Waals surface area (Å²) in [7, 11) is 0. The zero-order valence-electron chi connectivity index (χ0n) is 5.35. The first-order chi connectivity index (χ1) is 4.84. The van der Waals surface area contributed by atoms with Gasteiger partial charge in [0.15, 0.2) is 0 Å². The van der Waals surface area contributed by atoms with Crippen LogP contribution in [0.3, 0.4) is 0 Å². The number of hydrogen-bond donors (Lipinski definition) is 0. The van der Waals surface area contributed by atoms with Crippen molar-refractivity contribution in [3.05, 3.63) is 21.0 Å². The summed E-state index contributed by atoms with van der Waals surface area (Å²) in [6, 6.07) is 0. The molecule has 1 aromatic rings. The quantitative estimate of drug-likeness (QED) is 0.370. The third kappa shape index (κ3) is 1.43. The maximum absolute atomic E-state index is 7.98. The molecule has 6 heteroatoms. The van der Waals surface area contributed by atoms with Gasteiger partial charge >= 0.3 is 0 Å². The minimum Gasteiger partial charge on any atom is -0.143 e. The highest BCUT2D eigenvalue weighted by Gasteiger charge is 1.99. The van der Waals surface area contributed by atoms with Gasteiger partial charge in [-0.25, -0.2) is 0 Å². The van der Waals surface area contributed by atoms with Gasteiger partial charge in [-0.2, -0.15) is 0 Å². The topological polar surface area (TPSA) is 74.5 Å². The number of aromatic nitrogens is 2. The van der Waals surface area contributed by atoms with Gasteiger partial charge in [0, 0.05) is 4.91 Å². The van der Waals surface area contributed by atoms with E-state index >= 15 is 0 Å². The average molecular weight is 155 g/mol. The highest BCUT2D eigenvalue weighted by molar-refractivity contribution is 7.05. The van der Waals surface area contributed by atoms with Gasteiger partial charge in [-0.1, -0.05) is 9.60 Å². The molecule has 0 aromatic carbocycles. The Balaban J connectivity index is 2.74. The standard InChI is InChI=1S/C4H5N5S/c1-3-4(2-6-8-5)10-9-7-3/h2H2,1H3. The van der Waals surface area contributed by atoms with Crippen LogP contribution >= 0.6 is 11.5 Å². The zero-order valence-corrected chi connectivity index (χ0v) is 6.17. The van der Waals surface area contributed by atoms with Crippen LogP contribution in [0.2, 0.25) is 0 Å². The molecule has 0 fully saturated rings. The molecule has 0 saturated carbocycles. The van der Waals surface area contributed by atoms with Crippen molar-refractivity contribution in [1.29, 1.82) is 0 Å². The summed E-state index contributed by atoms with van der Waals surface area (Å²) in [6.07, 6.45) is 0. The van der Waals surface area contributed by atoms with Crippen LogP contribution < -0.4 is 0 Å². The minimum absolute atomic E-state index is 0.361. The lowest BCUT2D eigenvalue weighted by Crippen LogP contribution is -1.78. The van der Waals surface area contributed by atoms with Crippen LogP contribution in [0.4, 0.5) is 0 Å². The fraction of sp³-hybridized carbons (Fsp3) is 0.500. The smallest absolute Gasteiger partial charge is 0.0757 e. The van der Waals surface area contributed by atoms with E-state index in [-0.39, 0.29) is 0 Å². The van der Waals surface area contributed by atoms with Gasteiger partial charge in [0.25, 0.3) is 0 Å². The van der Waals surface area contributed by atoms with Crippen LogP contribution in [-0.4, -0.2) is 9.59 Å². The molecule has 0 unspecified atom stereocenters. The highest BCUT2D eigenvalue weighted by Crippen LogP contribution is 2.09. The molecule has 5 nitrogen and oxygen atoms in total. The lowest BCUT2D eigenvalue weighted by Gasteiger charge is -1.83. The van der Waals surface area contributed by atoms with Crippen molar-refractivity contribution >= 4 is 11.5 Å². The molecule has 0 atom stereocenters. The van der Waals surface area contributed by atoms with Gasteiger partial charge in [-0.15, -0.1) is 5.10 Å². The summed E-state index contributed by atoms with van der Waals surface area (Å²) in [5.74, 6) is 0. The van der Waals surface area contributed by atoms with E-state index in [4.69, 9.17) is 5.53 Å². The van der Waals surface area contributed by atoms with Crippen LogP contribution in [0.25, 0.3) is 10.4 Å². The van der Waals surface area contributed by atoms with Crippen LogP contribution in [-0.2, 0) is 6.54 Å². The van der Waals surface area contributed by atoms with E-state index in [9.17, 15) is 0 Å². The van der Waals surface area contributed by atoms with E-state index in [1.807, 2.05) is 6.92 Å². The summed E-state index contributed by atoms with van der Waals surface area (Å²) in [5.41, 5.74) is 8.82. The maximum Gasteiger partial charge on any atom is 0.0757 e. The number of azide groups is 1. The molecular weight excluding hydrogens is 150 g/mol. The van der Waals surface area contributed by atoms with Crippen LogP contribution in [0.1, 0.15) is 10.6 Å². The Labute approximate surface area is 61.5 Å². The third-order valence-electron chi connectivity index (χ3n) is 1.02. The predicted octanol–water partition coefficient (Wildman–Crippen LogP) is 1.66. The molecule has 1 rings (SSSR count). The highest BCUT2D eigenvalue weighted by atomic mass is 32.1. The molecule has 0 N–H and O–H groups in total. The lowest BCUT2D eigenvalue weighted by atomic mass is 10.4. The van der Waals surface area contributed by atoms with E-state index in [0.717, 1.165) is 10.6 Å². The van der Waals surface area contributed by atoms with Gasteiger partial charge in [-0.3, -0.25) is 0 Å². The normalized spacial score (nSPS) is 8.90. The van der Waals surface area contributed by atoms with Crippen LogP contribution in [0, 0.1) is 6.92 Å². The van der Waals surface area contributed by atoms with Crippen molar-refractivity contribution in [2.75, 3.05) is 0 Å². The van der Waals surface area contributed by atoms with Crippen molar-refractivity contribution in [3.8, 4) is 0 Å². The number of rotatable bonds is 2. The fourth-order valence-electron chi connectivity index (χ4n) is 0.492. The maximum atomic E-state index is 7.98. The predicted molar refractivity (Wildman–Crippen MR) is 37.5 cm³/mol. The molecule has 0 aliphatic rings. The molecule has 0 bridgehead atoms. The Kier molecular flexibility index (Phi) is 2.20. The minimum atomic E-state index is 0.361. The monoisotopic (exact) mass is 155 g/mol. The zero-order chi connectivity index (χ0) is 7.40. The fourth-order valence-corrected chi connectivity index (χ4v) is 1.04. The van der Waals surface area contributed by atoms with Crippen molar-refractivity contribution in [3.63, 3.8) is 0 Å². The summed E-state index contributed by atoms with van der Waals surface area (Å²) in [6.45, 7) is 2.20. The van der Waals surface area contributed by atoms with Crippen LogP contribution in [0.15, 0.2) is 5.11 Å². The van der Waals surface area contributed by atoms with E-state index in [1.165, 1.54) is 11.5 Å². The molecule has 0 aliphatic heterocycles. The summed E-state index contributed by atoms with van der Waals surface area (Å²) in [5, 5.41) is 7.14. The Bertz CT molecular complexity index is 260. The molecule has 1 aromatic heterocycles. The van der Waals surface area contributed by atoms with Gasteiger partial charge in [-0.05, 0) is 24.0 Å². The molecule has 0 spiro atoms. The number of aryl methyl sites for hydroxylation is 1. The number of nitrogens with zero attached hydrogens (tertiary/aromatic N) is 5. The van der Waals surface area contributed by atoms with Crippen molar-refractivity contribution in [2.24, 2.45) is 5.11 Å². The molecule has 1 heterocycles. The number of hydrogen-bond acceptors (Lipinski definition) is 4. The first kappa shape index (κ1) is 6.98. The molecule has 10 heavy (non-hydrogen) atoms. The van der Waals surface area contributed by atoms with E-state index in [1.54, 1.807) is 0 Å². The summed E-state index contributed by atoms with van der Waals surface area (Å²) >= 11 is 1.26. The molecule has 0 saturated heterocycles. The van der Waals surface area contributed by atoms with E-state index in [2.05, 4.69) is 19.6 Å². The van der Waals surface area contributed by atoms with Gasteiger partial charge < -0.3 is 0 Å². The van der Waals surface area contributed by atoms with Gasteiger partial charge in [0.05, 0.1) is 17.1 Å². The molecular formula is C4H5N5S. The first-order valence-electron chi connectivity index (χ1n) is 2.63. The molecule has 0 aliphatic carbocycles. The second kappa shape index (κ2) is 3.14. The summed E-state index contributed by atoms with van der Waals surface area (Å²) < 4.78 is 3.68. The Morgan fingerprint density at radius 3 is 3.10 bits per heavy atom. The second-order valence-electron chi connectivity index (χ2n) is 1.67. The Morgan fingerprint density at radius 1 is 1.80 bits per heavy atom. The summed E-state index contributed by atoms with van der Waals surface area (Å²) in [4.78, 5) is 3.56. The molecule has 0 radical (unpaired) electrons. The lowest BCUT2D eigenvalue weighted by molar-refractivity contribution is 1.01. The molecule has 0 amide bonds. The largest absolute Gasteiger partial charge is 0.143 e. The average Bonchev–Trinajstić information content (AvgIpc) is 2.31. The van der Waals surface area contributed by atoms with Gasteiger partial charge in [0.2, 0.25) is 0 Å². The van der Waals surface area contributed by atoms with Crippen LogP contribution in [0.5, 0.6) is 0 Å². The Morgan fingerprint density at radius 2 is 2.60 bits per heavy atom. The van der Waals surface area contributed by atoms with E-state index < -0.39 is 0 Å². The van der Waals surface area contributed by atoms with Gasteiger partial charge in [0.1, 0.15) is 0 Å². The van der Waals surface area contributed by atoms with Crippen molar-refractivity contribution in [1.82, 2.24) is 9.59 Å². The SMILES string of the molecule is Cc1nnsc1CN=[N+]=[N-]. The first-order valence-corrected chi connectivity index (χ1v) is 3.40. The van der Waals surface area contributed by atoms with Crippen molar-refractivity contribution < 1.29 is 0 Å². The third-order valence-corrected chi connectivity index (χ3v) is 1.83. The molecule has 52 valence electrons. The van der Waals surface area contributed by atoms with Crippen molar-refractivity contribution in [2.45, 2.75) is 13.5 Å². The Hall–Kier alpha value is -1.13. The second-order valence-corrected chi connectivity index (χ2v) is 2.51.